The number of nitrogen functional groups attached to an aromatic ring is 1. The molecule has 0 spiro atoms. The van der Waals surface area contributed by atoms with E-state index < -0.39 is 0 Å². The number of anilines is 1. The molecule has 1 rings (SSSR count). The van der Waals surface area contributed by atoms with Gasteiger partial charge in [-0.1, -0.05) is 13.8 Å². The number of pyridine rings is 1. The van der Waals surface area contributed by atoms with Gasteiger partial charge in [0.2, 0.25) is 0 Å². The molecule has 1 unspecified atom stereocenters. The van der Waals surface area contributed by atoms with Crippen LogP contribution in [0.25, 0.3) is 0 Å². The molecule has 0 fully saturated rings. The molecule has 0 aliphatic rings. The van der Waals surface area contributed by atoms with Gasteiger partial charge < -0.3 is 5.73 Å². The molecule has 16 heavy (non-hydrogen) atoms. The molecule has 90 valence electrons. The number of hydrogen-bond donors (Lipinski definition) is 1. The monoisotopic (exact) mass is 221 g/mol. The van der Waals surface area contributed by atoms with E-state index in [0.717, 1.165) is 23.8 Å². The second-order valence-electron chi connectivity index (χ2n) is 4.98. The first-order chi connectivity index (χ1) is 7.49. The van der Waals surface area contributed by atoms with Crippen molar-refractivity contribution in [2.24, 2.45) is 5.92 Å². The lowest BCUT2D eigenvalue weighted by atomic mass is 10.0. The van der Waals surface area contributed by atoms with Crippen LogP contribution in [0, 0.1) is 5.92 Å². The van der Waals surface area contributed by atoms with Gasteiger partial charge >= 0.3 is 0 Å². The van der Waals surface area contributed by atoms with Gasteiger partial charge in [0.05, 0.1) is 17.6 Å². The van der Waals surface area contributed by atoms with Crippen molar-refractivity contribution in [3.8, 4) is 0 Å². The summed E-state index contributed by atoms with van der Waals surface area (Å²) in [6.07, 6.45) is 2.93. The number of hydrogen-bond acceptors (Lipinski definition) is 3. The summed E-state index contributed by atoms with van der Waals surface area (Å²) in [7, 11) is 2.14. The predicted molar refractivity (Wildman–Crippen MR) is 69.0 cm³/mol. The molecule has 3 heteroatoms. The van der Waals surface area contributed by atoms with Gasteiger partial charge in [0.15, 0.2) is 0 Å². The molecule has 1 atom stereocenters. The SMILES string of the molecule is CC(C)CC(C)N(C)Cc1ccc(N)cn1. The lowest BCUT2D eigenvalue weighted by Crippen LogP contribution is -2.30. The van der Waals surface area contributed by atoms with Gasteiger partial charge in [-0.3, -0.25) is 9.88 Å². The topological polar surface area (TPSA) is 42.1 Å². The summed E-state index contributed by atoms with van der Waals surface area (Å²) in [4.78, 5) is 6.65. The Morgan fingerprint density at radius 3 is 2.50 bits per heavy atom. The highest BCUT2D eigenvalue weighted by atomic mass is 15.1. The van der Waals surface area contributed by atoms with Crippen LogP contribution in [0.5, 0.6) is 0 Å². The van der Waals surface area contributed by atoms with Crippen molar-refractivity contribution in [1.82, 2.24) is 9.88 Å². The Bertz CT molecular complexity index is 305. The number of nitrogens with zero attached hydrogens (tertiary/aromatic N) is 2. The molecule has 0 aliphatic heterocycles. The van der Waals surface area contributed by atoms with E-state index in [1.807, 2.05) is 12.1 Å². The van der Waals surface area contributed by atoms with Crippen LogP contribution in [0.4, 0.5) is 5.69 Å². The van der Waals surface area contributed by atoms with E-state index in [0.29, 0.717) is 6.04 Å². The van der Waals surface area contributed by atoms with Crippen LogP contribution in [-0.4, -0.2) is 23.0 Å². The Morgan fingerprint density at radius 1 is 1.31 bits per heavy atom. The fourth-order valence-corrected chi connectivity index (χ4v) is 1.80. The minimum Gasteiger partial charge on any atom is -0.397 e. The van der Waals surface area contributed by atoms with Gasteiger partial charge in [-0.15, -0.1) is 0 Å². The summed E-state index contributed by atoms with van der Waals surface area (Å²) in [6, 6.07) is 4.48. The molecule has 1 aromatic heterocycles. The van der Waals surface area contributed by atoms with Crippen LogP contribution in [0.2, 0.25) is 0 Å². The Balaban J connectivity index is 2.50. The van der Waals surface area contributed by atoms with E-state index in [-0.39, 0.29) is 0 Å². The maximum Gasteiger partial charge on any atom is 0.0545 e. The van der Waals surface area contributed by atoms with Crippen molar-refractivity contribution in [2.75, 3.05) is 12.8 Å². The minimum absolute atomic E-state index is 0.583. The zero-order valence-electron chi connectivity index (χ0n) is 10.8. The largest absolute Gasteiger partial charge is 0.397 e. The predicted octanol–water partition coefficient (Wildman–Crippen LogP) is 2.53. The van der Waals surface area contributed by atoms with Crippen molar-refractivity contribution in [3.05, 3.63) is 24.0 Å². The van der Waals surface area contributed by atoms with Crippen LogP contribution >= 0.6 is 0 Å². The lowest BCUT2D eigenvalue weighted by Gasteiger charge is -2.25. The Labute approximate surface area is 98.7 Å². The Kier molecular flexibility index (Phi) is 4.74. The van der Waals surface area contributed by atoms with Crippen molar-refractivity contribution in [3.63, 3.8) is 0 Å². The Hall–Kier alpha value is -1.09. The highest BCUT2D eigenvalue weighted by molar-refractivity contribution is 5.34. The number of nitrogens with two attached hydrogens (primary N) is 1. The molecule has 0 aromatic carbocycles. The van der Waals surface area contributed by atoms with E-state index in [1.54, 1.807) is 6.20 Å². The smallest absolute Gasteiger partial charge is 0.0545 e. The first-order valence-electron chi connectivity index (χ1n) is 5.89. The van der Waals surface area contributed by atoms with Crippen LogP contribution in [0.15, 0.2) is 18.3 Å². The summed E-state index contributed by atoms with van der Waals surface area (Å²) in [5, 5.41) is 0. The minimum atomic E-state index is 0.583. The molecule has 2 N–H and O–H groups in total. The normalized spacial score (nSPS) is 13.4. The molecular weight excluding hydrogens is 198 g/mol. The molecule has 0 radical (unpaired) electrons. The molecule has 0 saturated heterocycles. The van der Waals surface area contributed by atoms with Crippen molar-refractivity contribution >= 4 is 5.69 Å². The number of rotatable bonds is 5. The third kappa shape index (κ3) is 4.19. The fourth-order valence-electron chi connectivity index (χ4n) is 1.80. The van der Waals surface area contributed by atoms with Crippen LogP contribution in [0.3, 0.4) is 0 Å². The van der Waals surface area contributed by atoms with Gasteiger partial charge in [-0.25, -0.2) is 0 Å². The second kappa shape index (κ2) is 5.85. The van der Waals surface area contributed by atoms with Gasteiger partial charge in [0, 0.05) is 12.6 Å². The van der Waals surface area contributed by atoms with E-state index in [1.165, 1.54) is 6.42 Å². The zero-order valence-corrected chi connectivity index (χ0v) is 10.8. The van der Waals surface area contributed by atoms with Gasteiger partial charge in [0.25, 0.3) is 0 Å². The summed E-state index contributed by atoms with van der Waals surface area (Å²) < 4.78 is 0. The van der Waals surface area contributed by atoms with Crippen LogP contribution < -0.4 is 5.73 Å². The van der Waals surface area contributed by atoms with Gasteiger partial charge in [-0.05, 0) is 38.4 Å². The molecule has 0 bridgehead atoms. The molecule has 0 aliphatic carbocycles. The average molecular weight is 221 g/mol. The van der Waals surface area contributed by atoms with E-state index in [2.05, 4.69) is 37.7 Å². The molecule has 0 amide bonds. The van der Waals surface area contributed by atoms with Crippen molar-refractivity contribution in [1.29, 1.82) is 0 Å². The molecular formula is C13H23N3. The maximum atomic E-state index is 5.61. The zero-order chi connectivity index (χ0) is 12.1. The first-order valence-corrected chi connectivity index (χ1v) is 5.89. The van der Waals surface area contributed by atoms with Crippen LogP contribution in [0.1, 0.15) is 32.9 Å². The average Bonchev–Trinajstić information content (AvgIpc) is 2.20. The van der Waals surface area contributed by atoms with Gasteiger partial charge in [0.1, 0.15) is 0 Å². The van der Waals surface area contributed by atoms with E-state index >= 15 is 0 Å². The highest BCUT2D eigenvalue weighted by Crippen LogP contribution is 2.12. The first kappa shape index (κ1) is 13.0. The van der Waals surface area contributed by atoms with Gasteiger partial charge in [-0.2, -0.15) is 0 Å². The van der Waals surface area contributed by atoms with Crippen LogP contribution in [-0.2, 0) is 6.54 Å². The quantitative estimate of drug-likeness (QED) is 0.830. The maximum absolute atomic E-state index is 5.61. The molecule has 3 nitrogen and oxygen atoms in total. The standard InChI is InChI=1S/C13H23N3/c1-10(2)7-11(3)16(4)9-13-6-5-12(14)8-15-13/h5-6,8,10-11H,7,9,14H2,1-4H3. The number of aromatic nitrogens is 1. The summed E-state index contributed by atoms with van der Waals surface area (Å²) in [5.41, 5.74) is 7.41. The lowest BCUT2D eigenvalue weighted by molar-refractivity contribution is 0.218. The summed E-state index contributed by atoms with van der Waals surface area (Å²) >= 11 is 0. The highest BCUT2D eigenvalue weighted by Gasteiger charge is 2.11. The Morgan fingerprint density at radius 2 is 2.00 bits per heavy atom. The molecule has 1 heterocycles. The third-order valence-corrected chi connectivity index (χ3v) is 2.82. The second-order valence-corrected chi connectivity index (χ2v) is 4.98. The van der Waals surface area contributed by atoms with E-state index in [9.17, 15) is 0 Å². The molecule has 1 aromatic rings. The van der Waals surface area contributed by atoms with Crippen molar-refractivity contribution < 1.29 is 0 Å². The van der Waals surface area contributed by atoms with E-state index in [4.69, 9.17) is 5.73 Å². The fraction of sp³-hybridized carbons (Fsp3) is 0.615. The molecule has 0 saturated carbocycles. The van der Waals surface area contributed by atoms with Crippen molar-refractivity contribution in [2.45, 2.75) is 39.8 Å². The third-order valence-electron chi connectivity index (χ3n) is 2.82. The summed E-state index contributed by atoms with van der Waals surface area (Å²) in [5.74, 6) is 0.733. The summed E-state index contributed by atoms with van der Waals surface area (Å²) in [6.45, 7) is 7.66.